The van der Waals surface area contributed by atoms with Gasteiger partial charge in [-0.05, 0) is 53.6 Å². The summed E-state index contributed by atoms with van der Waals surface area (Å²) < 4.78 is 16.1. The third-order valence-electron chi connectivity index (χ3n) is 4.63. The molecule has 4 N–H and O–H groups in total. The topological polar surface area (TPSA) is 108 Å². The van der Waals surface area contributed by atoms with Gasteiger partial charge in [0.2, 0.25) is 11.7 Å². The van der Waals surface area contributed by atoms with Gasteiger partial charge in [-0.15, -0.1) is 0 Å². The Labute approximate surface area is 187 Å². The van der Waals surface area contributed by atoms with Crippen LogP contribution >= 0.6 is 0 Å². The molecule has 3 aromatic rings. The number of nitrogens with two attached hydrogens (primary N) is 1. The van der Waals surface area contributed by atoms with E-state index in [0.29, 0.717) is 41.0 Å². The van der Waals surface area contributed by atoms with E-state index in [1.165, 1.54) is 6.08 Å². The lowest BCUT2D eigenvalue weighted by molar-refractivity contribution is -0.111. The third-order valence-corrected chi connectivity index (χ3v) is 4.63. The standard InChI is InChI=1S/C24H26N4O4/c1-30-20-12-17(13-21(31-2)24(20)32-3)15-27-22-10-8-16(14-26-22)9-11-23(29)28-19-7-5-4-6-18(19)25/h4-14H,15,25H2,1-3H3,(H,26,27)(H,28,29). The molecule has 1 amide bonds. The minimum atomic E-state index is -0.271. The van der Waals surface area contributed by atoms with Gasteiger partial charge < -0.3 is 30.6 Å². The first-order chi connectivity index (χ1) is 15.5. The van der Waals surface area contributed by atoms with E-state index in [4.69, 9.17) is 19.9 Å². The fourth-order valence-corrected chi connectivity index (χ4v) is 3.00. The van der Waals surface area contributed by atoms with Crippen molar-refractivity contribution in [2.24, 2.45) is 0 Å². The average molecular weight is 434 g/mol. The zero-order valence-electron chi connectivity index (χ0n) is 18.2. The monoisotopic (exact) mass is 434 g/mol. The van der Waals surface area contributed by atoms with Crippen LogP contribution in [0.25, 0.3) is 6.08 Å². The summed E-state index contributed by atoms with van der Waals surface area (Å²) in [5, 5.41) is 6.00. The van der Waals surface area contributed by atoms with E-state index in [0.717, 1.165) is 11.1 Å². The summed E-state index contributed by atoms with van der Waals surface area (Å²) in [6.07, 6.45) is 4.80. The second kappa shape index (κ2) is 10.7. The number of nitrogens with one attached hydrogen (secondary N) is 2. The van der Waals surface area contributed by atoms with Crippen LogP contribution in [0, 0.1) is 0 Å². The molecule has 0 radical (unpaired) electrons. The Morgan fingerprint density at radius 3 is 2.34 bits per heavy atom. The van der Waals surface area contributed by atoms with Crippen LogP contribution in [0.15, 0.2) is 60.8 Å². The maximum Gasteiger partial charge on any atom is 0.248 e. The summed E-state index contributed by atoms with van der Waals surface area (Å²) in [4.78, 5) is 16.5. The number of carbonyl (C=O) groups excluding carboxylic acids is 1. The zero-order valence-corrected chi connectivity index (χ0v) is 18.2. The summed E-state index contributed by atoms with van der Waals surface area (Å²) in [5.74, 6) is 2.15. The van der Waals surface area contributed by atoms with Crippen LogP contribution in [-0.4, -0.2) is 32.2 Å². The van der Waals surface area contributed by atoms with Crippen molar-refractivity contribution in [3.63, 3.8) is 0 Å². The number of methoxy groups -OCH3 is 3. The number of nitrogen functional groups attached to an aromatic ring is 1. The summed E-state index contributed by atoms with van der Waals surface area (Å²) >= 11 is 0. The molecule has 32 heavy (non-hydrogen) atoms. The van der Waals surface area contributed by atoms with Gasteiger partial charge in [0.05, 0.1) is 32.7 Å². The molecular weight excluding hydrogens is 408 g/mol. The number of benzene rings is 2. The van der Waals surface area contributed by atoms with E-state index in [-0.39, 0.29) is 5.91 Å². The molecule has 0 fully saturated rings. The summed E-state index contributed by atoms with van der Waals surface area (Å²) in [6, 6.07) is 14.6. The molecule has 0 saturated heterocycles. The van der Waals surface area contributed by atoms with Gasteiger partial charge >= 0.3 is 0 Å². The normalized spacial score (nSPS) is 10.6. The average Bonchev–Trinajstić information content (AvgIpc) is 2.82. The number of aromatic nitrogens is 1. The maximum atomic E-state index is 12.1. The van der Waals surface area contributed by atoms with Crippen LogP contribution in [0.4, 0.5) is 17.2 Å². The summed E-state index contributed by atoms with van der Waals surface area (Å²) in [5.41, 5.74) is 8.66. The maximum absolute atomic E-state index is 12.1. The van der Waals surface area contributed by atoms with E-state index in [2.05, 4.69) is 15.6 Å². The molecule has 166 valence electrons. The van der Waals surface area contributed by atoms with Crippen LogP contribution in [0.5, 0.6) is 17.2 Å². The molecule has 0 aliphatic rings. The van der Waals surface area contributed by atoms with Crippen LogP contribution in [-0.2, 0) is 11.3 Å². The Kier molecular flexibility index (Phi) is 7.53. The molecule has 1 aromatic heterocycles. The Morgan fingerprint density at radius 2 is 1.75 bits per heavy atom. The third kappa shape index (κ3) is 5.69. The van der Waals surface area contributed by atoms with Crippen LogP contribution in [0.1, 0.15) is 11.1 Å². The van der Waals surface area contributed by atoms with E-state index < -0.39 is 0 Å². The molecule has 0 bridgehead atoms. The molecule has 0 spiro atoms. The number of anilines is 3. The molecule has 8 heteroatoms. The molecule has 0 unspecified atom stereocenters. The van der Waals surface area contributed by atoms with Crippen molar-refractivity contribution in [1.82, 2.24) is 4.98 Å². The van der Waals surface area contributed by atoms with Gasteiger partial charge in [-0.25, -0.2) is 4.98 Å². The van der Waals surface area contributed by atoms with Gasteiger partial charge in [-0.3, -0.25) is 4.79 Å². The lowest BCUT2D eigenvalue weighted by atomic mass is 10.1. The highest BCUT2D eigenvalue weighted by molar-refractivity contribution is 6.03. The molecule has 2 aromatic carbocycles. The van der Waals surface area contributed by atoms with Crippen molar-refractivity contribution < 1.29 is 19.0 Å². The predicted molar refractivity (Wildman–Crippen MR) is 126 cm³/mol. The van der Waals surface area contributed by atoms with E-state index in [1.54, 1.807) is 45.7 Å². The highest BCUT2D eigenvalue weighted by Crippen LogP contribution is 2.38. The number of amides is 1. The first-order valence-corrected chi connectivity index (χ1v) is 9.86. The van der Waals surface area contributed by atoms with Crippen molar-refractivity contribution in [3.8, 4) is 17.2 Å². The molecule has 0 aliphatic heterocycles. The van der Waals surface area contributed by atoms with Crippen molar-refractivity contribution in [3.05, 3.63) is 71.9 Å². The number of carbonyl (C=O) groups is 1. The minimum Gasteiger partial charge on any atom is -0.493 e. The van der Waals surface area contributed by atoms with Crippen LogP contribution in [0.3, 0.4) is 0 Å². The smallest absolute Gasteiger partial charge is 0.248 e. The first-order valence-electron chi connectivity index (χ1n) is 9.86. The van der Waals surface area contributed by atoms with Gasteiger partial charge in [-0.1, -0.05) is 12.1 Å². The Balaban J connectivity index is 1.60. The molecule has 1 heterocycles. The van der Waals surface area contributed by atoms with Gasteiger partial charge in [0.15, 0.2) is 11.5 Å². The quantitative estimate of drug-likeness (QED) is 0.346. The van der Waals surface area contributed by atoms with E-state index in [9.17, 15) is 4.79 Å². The number of hydrogen-bond acceptors (Lipinski definition) is 7. The summed E-state index contributed by atoms with van der Waals surface area (Å²) in [7, 11) is 4.73. The van der Waals surface area contributed by atoms with Gasteiger partial charge in [-0.2, -0.15) is 0 Å². The van der Waals surface area contributed by atoms with E-state index >= 15 is 0 Å². The lowest BCUT2D eigenvalue weighted by Crippen LogP contribution is -2.09. The van der Waals surface area contributed by atoms with Crippen molar-refractivity contribution in [1.29, 1.82) is 0 Å². The first kappa shape index (κ1) is 22.5. The van der Waals surface area contributed by atoms with Crippen LogP contribution < -0.4 is 30.6 Å². The molecular formula is C24H26N4O4. The number of hydrogen-bond donors (Lipinski definition) is 3. The lowest BCUT2D eigenvalue weighted by Gasteiger charge is -2.14. The second-order valence-corrected chi connectivity index (χ2v) is 6.77. The molecule has 0 aliphatic carbocycles. The fourth-order valence-electron chi connectivity index (χ4n) is 3.00. The highest BCUT2D eigenvalue weighted by atomic mass is 16.5. The molecule has 0 saturated carbocycles. The number of ether oxygens (including phenoxy) is 3. The van der Waals surface area contributed by atoms with Crippen molar-refractivity contribution >= 4 is 29.2 Å². The van der Waals surface area contributed by atoms with Crippen molar-refractivity contribution in [2.45, 2.75) is 6.54 Å². The number of rotatable bonds is 9. The number of para-hydroxylation sites is 2. The van der Waals surface area contributed by atoms with E-state index in [1.807, 2.05) is 36.4 Å². The Morgan fingerprint density at radius 1 is 1.03 bits per heavy atom. The van der Waals surface area contributed by atoms with Gasteiger partial charge in [0, 0.05) is 18.8 Å². The zero-order chi connectivity index (χ0) is 22.9. The largest absolute Gasteiger partial charge is 0.493 e. The van der Waals surface area contributed by atoms with Crippen LogP contribution in [0.2, 0.25) is 0 Å². The minimum absolute atomic E-state index is 0.271. The predicted octanol–water partition coefficient (Wildman–Crippen LogP) is 3.95. The molecule has 8 nitrogen and oxygen atoms in total. The highest BCUT2D eigenvalue weighted by Gasteiger charge is 2.13. The molecule has 3 rings (SSSR count). The summed E-state index contributed by atoms with van der Waals surface area (Å²) in [6.45, 7) is 0.514. The Bertz CT molecular complexity index is 1070. The second-order valence-electron chi connectivity index (χ2n) is 6.77. The fraction of sp³-hybridized carbons (Fsp3) is 0.167. The number of pyridine rings is 1. The Hall–Kier alpha value is -4.20. The molecule has 0 atom stereocenters. The SMILES string of the molecule is COc1cc(CNc2ccc(C=CC(=O)Nc3ccccc3N)cn2)cc(OC)c1OC. The van der Waals surface area contributed by atoms with Gasteiger partial charge in [0.1, 0.15) is 5.82 Å². The van der Waals surface area contributed by atoms with Crippen molar-refractivity contribution in [2.75, 3.05) is 37.7 Å². The number of nitrogens with zero attached hydrogens (tertiary/aromatic N) is 1. The van der Waals surface area contributed by atoms with Gasteiger partial charge in [0.25, 0.3) is 0 Å².